The summed E-state index contributed by atoms with van der Waals surface area (Å²) in [6.45, 7) is 9.56. The van der Waals surface area contributed by atoms with Gasteiger partial charge in [-0.1, -0.05) is 32.0 Å². The average molecular weight is 365 g/mol. The normalized spacial score (nSPS) is 11.1. The van der Waals surface area contributed by atoms with Crippen LogP contribution in [0.25, 0.3) is 11.0 Å². The number of aryl methyl sites for hydroxylation is 2. The molecule has 5 nitrogen and oxygen atoms in total. The van der Waals surface area contributed by atoms with Gasteiger partial charge < -0.3 is 14.6 Å². The first-order valence-electron chi connectivity index (χ1n) is 9.37. The zero-order valence-electron chi connectivity index (χ0n) is 16.5. The van der Waals surface area contributed by atoms with Crippen molar-refractivity contribution in [2.75, 3.05) is 6.61 Å². The number of imidazole rings is 1. The van der Waals surface area contributed by atoms with Crippen LogP contribution in [0, 0.1) is 19.8 Å². The van der Waals surface area contributed by atoms with Crippen LogP contribution in [0.4, 0.5) is 0 Å². The van der Waals surface area contributed by atoms with E-state index >= 15 is 0 Å². The Morgan fingerprint density at radius 3 is 2.67 bits per heavy atom. The van der Waals surface area contributed by atoms with Gasteiger partial charge in [-0.15, -0.1) is 0 Å². The van der Waals surface area contributed by atoms with Crippen LogP contribution < -0.4 is 10.1 Å². The summed E-state index contributed by atoms with van der Waals surface area (Å²) in [5, 5.41) is 2.96. The van der Waals surface area contributed by atoms with Crippen LogP contribution in [-0.4, -0.2) is 22.1 Å². The largest absolute Gasteiger partial charge is 0.492 e. The van der Waals surface area contributed by atoms with Crippen molar-refractivity contribution in [3.63, 3.8) is 0 Å². The van der Waals surface area contributed by atoms with E-state index in [1.54, 1.807) is 0 Å². The van der Waals surface area contributed by atoms with Crippen molar-refractivity contribution in [2.45, 2.75) is 40.8 Å². The first-order valence-corrected chi connectivity index (χ1v) is 9.37. The maximum atomic E-state index is 11.9. The van der Waals surface area contributed by atoms with Crippen molar-refractivity contribution < 1.29 is 9.53 Å². The molecule has 27 heavy (non-hydrogen) atoms. The van der Waals surface area contributed by atoms with E-state index in [9.17, 15) is 4.79 Å². The molecule has 0 saturated carbocycles. The lowest BCUT2D eigenvalue weighted by atomic mass is 10.1. The lowest BCUT2D eigenvalue weighted by molar-refractivity contribution is -0.124. The minimum atomic E-state index is -0.0454. The Hall–Kier alpha value is -2.82. The number of nitrogens with zero attached hydrogens (tertiary/aromatic N) is 2. The van der Waals surface area contributed by atoms with E-state index in [0.717, 1.165) is 22.6 Å². The first-order chi connectivity index (χ1) is 13.0. The number of ether oxygens (including phenoxy) is 1. The van der Waals surface area contributed by atoms with Crippen LogP contribution in [0.5, 0.6) is 5.75 Å². The minimum Gasteiger partial charge on any atom is -0.492 e. The van der Waals surface area contributed by atoms with Gasteiger partial charge in [0.1, 0.15) is 18.2 Å². The van der Waals surface area contributed by atoms with Gasteiger partial charge in [-0.3, -0.25) is 4.79 Å². The van der Waals surface area contributed by atoms with Gasteiger partial charge in [0.25, 0.3) is 0 Å². The van der Waals surface area contributed by atoms with Crippen LogP contribution in [0.3, 0.4) is 0 Å². The second-order valence-corrected chi connectivity index (χ2v) is 7.14. The summed E-state index contributed by atoms with van der Waals surface area (Å²) < 4.78 is 8.07. The SMILES string of the molecule is Cc1ccc(OCCn2c(CNC(=O)C(C)C)nc3ccccc32)cc1C. The number of benzene rings is 2. The van der Waals surface area contributed by atoms with Crippen LogP contribution in [0.15, 0.2) is 42.5 Å². The van der Waals surface area contributed by atoms with Crippen molar-refractivity contribution in [3.05, 3.63) is 59.4 Å². The van der Waals surface area contributed by atoms with Crippen molar-refractivity contribution >= 4 is 16.9 Å². The summed E-state index contributed by atoms with van der Waals surface area (Å²) in [5.41, 5.74) is 4.45. The molecule has 1 N–H and O–H groups in total. The van der Waals surface area contributed by atoms with Gasteiger partial charge in [0, 0.05) is 5.92 Å². The fourth-order valence-electron chi connectivity index (χ4n) is 2.94. The summed E-state index contributed by atoms with van der Waals surface area (Å²) in [6, 6.07) is 14.1. The average Bonchev–Trinajstić information content (AvgIpc) is 3.00. The fourth-order valence-corrected chi connectivity index (χ4v) is 2.94. The molecule has 0 unspecified atom stereocenters. The number of rotatable bonds is 7. The number of amides is 1. The Morgan fingerprint density at radius 2 is 1.93 bits per heavy atom. The molecule has 0 atom stereocenters. The molecule has 1 aromatic heterocycles. The second-order valence-electron chi connectivity index (χ2n) is 7.14. The summed E-state index contributed by atoms with van der Waals surface area (Å²) in [7, 11) is 0. The van der Waals surface area contributed by atoms with Gasteiger partial charge in [0.15, 0.2) is 0 Å². The van der Waals surface area contributed by atoms with Crippen LogP contribution in [0.1, 0.15) is 30.8 Å². The molecule has 1 amide bonds. The molecule has 0 aliphatic heterocycles. The van der Waals surface area contributed by atoms with Gasteiger partial charge in [-0.25, -0.2) is 4.98 Å². The highest BCUT2D eigenvalue weighted by Crippen LogP contribution is 2.18. The predicted octanol–water partition coefficient (Wildman–Crippen LogP) is 4.00. The second kappa shape index (κ2) is 8.25. The third-order valence-corrected chi connectivity index (χ3v) is 4.74. The zero-order valence-corrected chi connectivity index (χ0v) is 16.5. The number of hydrogen-bond donors (Lipinski definition) is 1. The molecule has 1 heterocycles. The molecule has 3 rings (SSSR count). The Kier molecular flexibility index (Phi) is 5.79. The third-order valence-electron chi connectivity index (χ3n) is 4.74. The predicted molar refractivity (Wildman–Crippen MR) is 108 cm³/mol. The molecule has 0 aliphatic rings. The zero-order chi connectivity index (χ0) is 19.4. The number of carbonyl (C=O) groups excluding carboxylic acids is 1. The number of hydrogen-bond acceptors (Lipinski definition) is 3. The molecule has 142 valence electrons. The standard InChI is InChI=1S/C22H27N3O2/c1-15(2)22(26)23-14-21-24-19-7-5-6-8-20(19)25(21)11-12-27-18-10-9-16(3)17(4)13-18/h5-10,13,15H,11-12,14H2,1-4H3,(H,23,26). The van der Waals surface area contributed by atoms with E-state index in [2.05, 4.69) is 40.8 Å². The highest BCUT2D eigenvalue weighted by Gasteiger charge is 2.13. The highest BCUT2D eigenvalue weighted by molar-refractivity contribution is 5.78. The molecule has 0 spiro atoms. The molecular formula is C22H27N3O2. The fraction of sp³-hybridized carbons (Fsp3) is 0.364. The number of carbonyl (C=O) groups is 1. The van der Waals surface area contributed by atoms with Gasteiger partial charge >= 0.3 is 0 Å². The monoisotopic (exact) mass is 365 g/mol. The summed E-state index contributed by atoms with van der Waals surface area (Å²) in [6.07, 6.45) is 0. The molecule has 0 radical (unpaired) electrons. The van der Waals surface area contributed by atoms with Crippen LogP contribution in [0.2, 0.25) is 0 Å². The topological polar surface area (TPSA) is 56.1 Å². The quantitative estimate of drug-likeness (QED) is 0.688. The Bertz CT molecular complexity index is 944. The summed E-state index contributed by atoms with van der Waals surface area (Å²) >= 11 is 0. The van der Waals surface area contributed by atoms with E-state index < -0.39 is 0 Å². The molecule has 0 aliphatic carbocycles. The maximum absolute atomic E-state index is 11.9. The lowest BCUT2D eigenvalue weighted by Gasteiger charge is -2.13. The van der Waals surface area contributed by atoms with Crippen LogP contribution in [-0.2, 0) is 17.9 Å². The summed E-state index contributed by atoms with van der Waals surface area (Å²) in [4.78, 5) is 16.6. The van der Waals surface area contributed by atoms with Crippen molar-refractivity contribution in [1.82, 2.24) is 14.9 Å². The summed E-state index contributed by atoms with van der Waals surface area (Å²) in [5.74, 6) is 1.70. The van der Waals surface area contributed by atoms with Crippen molar-refractivity contribution in [3.8, 4) is 5.75 Å². The van der Waals surface area contributed by atoms with Crippen molar-refractivity contribution in [1.29, 1.82) is 0 Å². The highest BCUT2D eigenvalue weighted by atomic mass is 16.5. The third kappa shape index (κ3) is 4.48. The van der Waals surface area contributed by atoms with Crippen LogP contribution >= 0.6 is 0 Å². The van der Waals surface area contributed by atoms with E-state index in [1.807, 2.05) is 44.2 Å². The minimum absolute atomic E-state index is 0.0278. The molecular weight excluding hydrogens is 338 g/mol. The van der Waals surface area contributed by atoms with E-state index in [-0.39, 0.29) is 11.8 Å². The number of fused-ring (bicyclic) bond motifs is 1. The Labute approximate surface area is 160 Å². The van der Waals surface area contributed by atoms with E-state index in [0.29, 0.717) is 19.7 Å². The van der Waals surface area contributed by atoms with E-state index in [1.165, 1.54) is 11.1 Å². The van der Waals surface area contributed by atoms with Crippen molar-refractivity contribution in [2.24, 2.45) is 5.92 Å². The molecule has 3 aromatic rings. The Balaban J connectivity index is 1.74. The molecule has 5 heteroatoms. The first kappa shape index (κ1) is 19.0. The molecule has 0 saturated heterocycles. The molecule has 0 bridgehead atoms. The maximum Gasteiger partial charge on any atom is 0.222 e. The molecule has 2 aromatic carbocycles. The number of para-hydroxylation sites is 2. The van der Waals surface area contributed by atoms with Gasteiger partial charge in [0.2, 0.25) is 5.91 Å². The Morgan fingerprint density at radius 1 is 1.15 bits per heavy atom. The van der Waals surface area contributed by atoms with Gasteiger partial charge in [0.05, 0.1) is 24.1 Å². The van der Waals surface area contributed by atoms with Gasteiger partial charge in [-0.05, 0) is 49.2 Å². The smallest absolute Gasteiger partial charge is 0.222 e. The lowest BCUT2D eigenvalue weighted by Crippen LogP contribution is -2.28. The van der Waals surface area contributed by atoms with E-state index in [4.69, 9.17) is 4.74 Å². The molecule has 0 fully saturated rings. The number of nitrogens with one attached hydrogen (secondary N) is 1. The van der Waals surface area contributed by atoms with Gasteiger partial charge in [-0.2, -0.15) is 0 Å². The number of aromatic nitrogens is 2.